The number of hydrogen-bond donors (Lipinski definition) is 1. The number of hydrogen-bond acceptors (Lipinski definition) is 5. The maximum atomic E-state index is 11.5. The highest BCUT2D eigenvalue weighted by atomic mass is 16.5. The van der Waals surface area contributed by atoms with Gasteiger partial charge in [0.2, 0.25) is 5.88 Å². The highest BCUT2D eigenvalue weighted by Gasteiger charge is 2.22. The van der Waals surface area contributed by atoms with Crippen molar-refractivity contribution in [2.45, 2.75) is 6.61 Å². The van der Waals surface area contributed by atoms with Crippen LogP contribution in [0.1, 0.15) is 16.1 Å². The third kappa shape index (κ3) is 4.06. The molecule has 3 aromatic carbocycles. The van der Waals surface area contributed by atoms with Crippen molar-refractivity contribution in [1.29, 1.82) is 0 Å². The molecule has 0 aliphatic rings. The van der Waals surface area contributed by atoms with Crippen LogP contribution in [0, 0.1) is 0 Å². The zero-order chi connectivity index (χ0) is 23.5. The predicted octanol–water partition coefficient (Wildman–Crippen LogP) is 5.35. The highest BCUT2D eigenvalue weighted by molar-refractivity contribution is 5.89. The van der Waals surface area contributed by atoms with Crippen molar-refractivity contribution in [2.75, 3.05) is 7.11 Å². The minimum Gasteiger partial charge on any atom is -0.489 e. The van der Waals surface area contributed by atoms with Crippen LogP contribution in [0.15, 0.2) is 91.0 Å². The van der Waals surface area contributed by atoms with Gasteiger partial charge in [0.1, 0.15) is 12.4 Å². The second-order valence-corrected chi connectivity index (χ2v) is 7.61. The summed E-state index contributed by atoms with van der Waals surface area (Å²) < 4.78 is 13.1. The molecule has 5 aromatic rings. The second-order valence-electron chi connectivity index (χ2n) is 7.61. The molecule has 0 unspecified atom stereocenters. The standard InChI is InChI=1S/C27H21N3O4/c1-33-26-24(19-10-6-3-7-11-19)25(28-23-16-22(27(31)32)29-30(23)26)20-12-14-21(15-13-20)34-17-18-8-4-2-5-9-18/h2-16H,17H2,1H3,(H,31,32). The first-order valence-electron chi connectivity index (χ1n) is 10.7. The first-order chi connectivity index (χ1) is 16.6. The summed E-state index contributed by atoms with van der Waals surface area (Å²) in [6.45, 7) is 0.473. The molecule has 0 spiro atoms. The molecule has 2 aromatic heterocycles. The van der Waals surface area contributed by atoms with Gasteiger partial charge in [-0.25, -0.2) is 9.78 Å². The van der Waals surface area contributed by atoms with Crippen LogP contribution in [-0.4, -0.2) is 32.8 Å². The van der Waals surface area contributed by atoms with E-state index in [1.807, 2.05) is 84.9 Å². The van der Waals surface area contributed by atoms with Crippen molar-refractivity contribution in [2.24, 2.45) is 0 Å². The molecule has 1 N–H and O–H groups in total. The number of nitrogens with zero attached hydrogens (tertiary/aromatic N) is 3. The van der Waals surface area contributed by atoms with Gasteiger partial charge in [0.05, 0.1) is 18.4 Å². The van der Waals surface area contributed by atoms with Gasteiger partial charge in [-0.1, -0.05) is 60.7 Å². The van der Waals surface area contributed by atoms with Crippen LogP contribution in [0.3, 0.4) is 0 Å². The highest BCUT2D eigenvalue weighted by Crippen LogP contribution is 2.39. The number of aromatic carboxylic acids is 1. The summed E-state index contributed by atoms with van der Waals surface area (Å²) in [6.07, 6.45) is 0. The first kappa shape index (κ1) is 21.2. The van der Waals surface area contributed by atoms with Gasteiger partial charge in [-0.3, -0.25) is 0 Å². The van der Waals surface area contributed by atoms with Gasteiger partial charge in [-0.05, 0) is 35.4 Å². The van der Waals surface area contributed by atoms with Gasteiger partial charge in [-0.15, -0.1) is 0 Å². The van der Waals surface area contributed by atoms with Crippen LogP contribution in [0.5, 0.6) is 11.6 Å². The van der Waals surface area contributed by atoms with Crippen LogP contribution >= 0.6 is 0 Å². The summed E-state index contributed by atoms with van der Waals surface area (Å²) in [6, 6.07) is 28.7. The summed E-state index contributed by atoms with van der Waals surface area (Å²) in [5.41, 5.74) is 4.45. The number of rotatable bonds is 7. The molecule has 0 atom stereocenters. The molecule has 7 nitrogen and oxygen atoms in total. The van der Waals surface area contributed by atoms with Crippen LogP contribution in [0.4, 0.5) is 0 Å². The maximum absolute atomic E-state index is 11.5. The van der Waals surface area contributed by atoms with Crippen molar-refractivity contribution in [3.63, 3.8) is 0 Å². The fraction of sp³-hybridized carbons (Fsp3) is 0.0741. The van der Waals surface area contributed by atoms with E-state index < -0.39 is 5.97 Å². The SMILES string of the molecule is COc1c(-c2ccccc2)c(-c2ccc(OCc3ccccc3)cc2)nc2cc(C(=O)O)nn12. The van der Waals surface area contributed by atoms with E-state index in [0.717, 1.165) is 22.4 Å². The predicted molar refractivity (Wildman–Crippen MR) is 128 cm³/mol. The molecular formula is C27H21N3O4. The normalized spacial score (nSPS) is 10.9. The minimum atomic E-state index is -1.13. The summed E-state index contributed by atoms with van der Waals surface area (Å²) in [5.74, 6) is 0.0119. The van der Waals surface area contributed by atoms with Crippen molar-refractivity contribution in [3.05, 3.63) is 102 Å². The molecule has 0 saturated heterocycles. The quantitative estimate of drug-likeness (QED) is 0.359. The molecule has 0 radical (unpaired) electrons. The number of benzene rings is 3. The number of carbonyl (C=O) groups is 1. The lowest BCUT2D eigenvalue weighted by atomic mass is 10.00. The topological polar surface area (TPSA) is 86.0 Å². The molecule has 34 heavy (non-hydrogen) atoms. The Morgan fingerprint density at radius 3 is 2.24 bits per heavy atom. The molecule has 2 heterocycles. The van der Waals surface area contributed by atoms with Crippen LogP contribution in [-0.2, 0) is 6.61 Å². The van der Waals surface area contributed by atoms with E-state index in [9.17, 15) is 9.90 Å². The van der Waals surface area contributed by atoms with Crippen molar-refractivity contribution < 1.29 is 19.4 Å². The summed E-state index contributed by atoms with van der Waals surface area (Å²) in [4.78, 5) is 16.3. The Bertz CT molecular complexity index is 1450. The van der Waals surface area contributed by atoms with E-state index in [4.69, 9.17) is 14.5 Å². The lowest BCUT2D eigenvalue weighted by Gasteiger charge is -2.15. The Hall–Kier alpha value is -4.65. The Kier molecular flexibility index (Phi) is 5.66. The molecule has 7 heteroatoms. The van der Waals surface area contributed by atoms with Gasteiger partial charge in [0, 0.05) is 11.6 Å². The van der Waals surface area contributed by atoms with Gasteiger partial charge in [0.15, 0.2) is 11.3 Å². The van der Waals surface area contributed by atoms with Crippen LogP contribution in [0.2, 0.25) is 0 Å². The first-order valence-corrected chi connectivity index (χ1v) is 10.7. The van der Waals surface area contributed by atoms with E-state index in [1.165, 1.54) is 17.7 Å². The zero-order valence-electron chi connectivity index (χ0n) is 18.4. The Morgan fingerprint density at radius 1 is 0.912 bits per heavy atom. The van der Waals surface area contributed by atoms with E-state index >= 15 is 0 Å². The molecule has 0 aliphatic heterocycles. The van der Waals surface area contributed by atoms with Crippen LogP contribution in [0.25, 0.3) is 28.0 Å². The molecule has 0 amide bonds. The fourth-order valence-corrected chi connectivity index (χ4v) is 3.79. The largest absolute Gasteiger partial charge is 0.489 e. The Morgan fingerprint density at radius 2 is 1.59 bits per heavy atom. The van der Waals surface area contributed by atoms with Gasteiger partial charge >= 0.3 is 5.97 Å². The third-order valence-corrected chi connectivity index (χ3v) is 5.41. The third-order valence-electron chi connectivity index (χ3n) is 5.41. The van der Waals surface area contributed by atoms with Gasteiger partial charge in [0.25, 0.3) is 0 Å². The Labute approximate surface area is 195 Å². The number of aromatic nitrogens is 3. The molecular weight excluding hydrogens is 430 g/mol. The molecule has 0 bridgehead atoms. The monoisotopic (exact) mass is 451 g/mol. The van der Waals surface area contributed by atoms with E-state index in [0.29, 0.717) is 29.4 Å². The van der Waals surface area contributed by atoms with Crippen molar-refractivity contribution in [1.82, 2.24) is 14.6 Å². The van der Waals surface area contributed by atoms with E-state index in [1.54, 1.807) is 0 Å². The lowest BCUT2D eigenvalue weighted by molar-refractivity contribution is 0.0690. The fourth-order valence-electron chi connectivity index (χ4n) is 3.79. The summed E-state index contributed by atoms with van der Waals surface area (Å²) in [7, 11) is 1.54. The maximum Gasteiger partial charge on any atom is 0.356 e. The van der Waals surface area contributed by atoms with Gasteiger partial charge in [-0.2, -0.15) is 9.61 Å². The summed E-state index contributed by atoms with van der Waals surface area (Å²) >= 11 is 0. The molecule has 5 rings (SSSR count). The minimum absolute atomic E-state index is 0.105. The second kappa shape index (κ2) is 9.07. The van der Waals surface area contributed by atoms with Crippen LogP contribution < -0.4 is 9.47 Å². The van der Waals surface area contributed by atoms with E-state index in [2.05, 4.69) is 5.10 Å². The van der Waals surface area contributed by atoms with Crippen molar-refractivity contribution >= 4 is 11.6 Å². The average molecular weight is 451 g/mol. The number of fused-ring (bicyclic) bond motifs is 1. The van der Waals surface area contributed by atoms with Crippen molar-refractivity contribution in [3.8, 4) is 34.0 Å². The number of ether oxygens (including phenoxy) is 2. The van der Waals surface area contributed by atoms with E-state index in [-0.39, 0.29) is 5.69 Å². The number of carboxylic acid groups (broad SMARTS) is 1. The van der Waals surface area contributed by atoms with Gasteiger partial charge < -0.3 is 14.6 Å². The Balaban J connectivity index is 1.59. The molecule has 0 fully saturated rings. The summed E-state index contributed by atoms with van der Waals surface area (Å²) in [5, 5.41) is 13.6. The zero-order valence-corrected chi connectivity index (χ0v) is 18.4. The molecule has 0 saturated carbocycles. The molecule has 0 aliphatic carbocycles. The lowest BCUT2D eigenvalue weighted by Crippen LogP contribution is -2.04. The number of carboxylic acids is 1. The average Bonchev–Trinajstić information content (AvgIpc) is 3.32. The molecule has 168 valence electrons. The number of methoxy groups -OCH3 is 1. The smallest absolute Gasteiger partial charge is 0.356 e.